The number of aromatic amines is 1. The number of hydrazine groups is 1. The molecule has 0 aromatic carbocycles. The smallest absolute Gasteiger partial charge is 0.230 e. The molecule has 9 heavy (non-hydrogen) atoms. The van der Waals surface area contributed by atoms with Gasteiger partial charge in [-0.3, -0.25) is 0 Å². The molecular formula is CH3N6O2+. The molecule has 2 N–H and O–H groups in total. The minimum atomic E-state index is -0.736. The van der Waals surface area contributed by atoms with E-state index < -0.39 is 5.03 Å². The lowest BCUT2D eigenvalue weighted by molar-refractivity contribution is -0.814. The molecule has 1 aromatic heterocycles. The zero-order chi connectivity index (χ0) is 6.69. The van der Waals surface area contributed by atoms with E-state index in [2.05, 4.69) is 15.5 Å². The van der Waals surface area contributed by atoms with Crippen molar-refractivity contribution < 1.29 is 9.82 Å². The third kappa shape index (κ3) is 1.33. The van der Waals surface area contributed by atoms with E-state index in [1.54, 1.807) is 5.53 Å². The van der Waals surface area contributed by atoms with Crippen molar-refractivity contribution in [1.29, 1.82) is 0 Å². The van der Waals surface area contributed by atoms with Crippen molar-refractivity contribution in [3.05, 3.63) is 16.4 Å². The highest BCUT2D eigenvalue weighted by molar-refractivity contribution is 4.16. The molecule has 48 valence electrons. The van der Waals surface area contributed by atoms with Crippen LogP contribution in [0.2, 0.25) is 0 Å². The van der Waals surface area contributed by atoms with Crippen LogP contribution in [0.25, 0.3) is 0 Å². The van der Waals surface area contributed by atoms with E-state index in [1.165, 1.54) is 0 Å². The van der Waals surface area contributed by atoms with Gasteiger partial charge in [0.05, 0.1) is 4.79 Å². The van der Waals surface area contributed by atoms with Crippen LogP contribution in [0.3, 0.4) is 0 Å². The number of nitro groups is 1. The second-order valence-electron chi connectivity index (χ2n) is 1.16. The van der Waals surface area contributed by atoms with Crippen LogP contribution in [0.5, 0.6) is 0 Å². The SMILES string of the molecule is O=[N+]([O-])N[n+]1cnn[nH]1. The normalized spacial score (nSPS) is 8.89. The van der Waals surface area contributed by atoms with Crippen LogP contribution >= 0.6 is 0 Å². The van der Waals surface area contributed by atoms with E-state index >= 15 is 0 Å². The fourth-order valence-electron chi connectivity index (χ4n) is 0.313. The second kappa shape index (κ2) is 2.03. The van der Waals surface area contributed by atoms with E-state index in [4.69, 9.17) is 0 Å². The summed E-state index contributed by atoms with van der Waals surface area (Å²) in [6.07, 6.45) is 1.13. The Kier molecular flexibility index (Phi) is 1.22. The van der Waals surface area contributed by atoms with Crippen molar-refractivity contribution in [2.45, 2.75) is 0 Å². The molecule has 0 atom stereocenters. The molecule has 0 bridgehead atoms. The summed E-state index contributed by atoms with van der Waals surface area (Å²) in [6, 6.07) is 0. The first-order valence-corrected chi connectivity index (χ1v) is 1.98. The lowest BCUT2D eigenvalue weighted by Crippen LogP contribution is -2.49. The fraction of sp³-hybridized carbons (Fsp3) is 0. The topological polar surface area (TPSA) is 101 Å². The fourth-order valence-corrected chi connectivity index (χ4v) is 0.313. The summed E-state index contributed by atoms with van der Waals surface area (Å²) in [4.78, 5) is 10.6. The second-order valence-corrected chi connectivity index (χ2v) is 1.16. The highest BCUT2D eigenvalue weighted by Gasteiger charge is 2.05. The number of hydrogen-bond acceptors (Lipinski definition) is 4. The van der Waals surface area contributed by atoms with E-state index in [9.17, 15) is 10.1 Å². The maximum absolute atomic E-state index is 9.66. The molecule has 0 amide bonds. The Morgan fingerprint density at radius 2 is 2.67 bits per heavy atom. The van der Waals surface area contributed by atoms with Gasteiger partial charge in [0.2, 0.25) is 5.03 Å². The van der Waals surface area contributed by atoms with Gasteiger partial charge in [0.1, 0.15) is 5.53 Å². The summed E-state index contributed by atoms with van der Waals surface area (Å²) >= 11 is 0. The summed E-state index contributed by atoms with van der Waals surface area (Å²) in [5.74, 6) is 0. The van der Waals surface area contributed by atoms with Gasteiger partial charge in [-0.05, 0) is 10.4 Å². The lowest BCUT2D eigenvalue weighted by atomic mass is 11.4. The lowest BCUT2D eigenvalue weighted by Gasteiger charge is -1.78. The van der Waals surface area contributed by atoms with Crippen LogP contribution in [-0.2, 0) is 0 Å². The van der Waals surface area contributed by atoms with Crippen LogP contribution in [0, 0.1) is 10.1 Å². The molecule has 1 rings (SSSR count). The number of aromatic nitrogens is 4. The number of H-pyrrole nitrogens is 1. The maximum atomic E-state index is 9.66. The Morgan fingerprint density at radius 1 is 1.89 bits per heavy atom. The van der Waals surface area contributed by atoms with Gasteiger partial charge < -0.3 is 0 Å². The highest BCUT2D eigenvalue weighted by Crippen LogP contribution is 1.52. The molecule has 0 spiro atoms. The molecule has 1 heterocycles. The van der Waals surface area contributed by atoms with Gasteiger partial charge in [-0.2, -0.15) is 0 Å². The van der Waals surface area contributed by atoms with Gasteiger partial charge in [-0.15, -0.1) is 0 Å². The predicted octanol–water partition coefficient (Wildman–Crippen LogP) is -2.17. The summed E-state index contributed by atoms with van der Waals surface area (Å²) in [7, 11) is 0. The third-order valence-electron chi connectivity index (χ3n) is 0.567. The Labute approximate surface area is 48.6 Å². The molecule has 0 fully saturated rings. The molecule has 0 aliphatic rings. The minimum absolute atomic E-state index is 0.736. The van der Waals surface area contributed by atoms with Gasteiger partial charge in [-0.25, -0.2) is 10.1 Å². The van der Waals surface area contributed by atoms with Crippen LogP contribution in [0.1, 0.15) is 0 Å². The van der Waals surface area contributed by atoms with Crippen molar-refractivity contribution in [1.82, 2.24) is 15.5 Å². The minimum Gasteiger partial charge on any atom is -0.230 e. The van der Waals surface area contributed by atoms with Gasteiger partial charge >= 0.3 is 6.33 Å². The van der Waals surface area contributed by atoms with Crippen LogP contribution < -0.4 is 10.3 Å². The zero-order valence-corrected chi connectivity index (χ0v) is 4.18. The Morgan fingerprint density at radius 3 is 3.11 bits per heavy atom. The molecule has 0 saturated heterocycles. The first-order valence-electron chi connectivity index (χ1n) is 1.98. The first-order chi connectivity index (χ1) is 4.29. The van der Waals surface area contributed by atoms with E-state index in [0.717, 1.165) is 11.1 Å². The molecule has 8 heteroatoms. The van der Waals surface area contributed by atoms with Crippen LogP contribution in [-0.4, -0.2) is 20.6 Å². The van der Waals surface area contributed by atoms with Gasteiger partial charge in [0.25, 0.3) is 0 Å². The quantitative estimate of drug-likeness (QED) is 0.270. The summed E-state index contributed by atoms with van der Waals surface area (Å²) < 4.78 is 0. The monoisotopic (exact) mass is 131 g/mol. The number of nitrogens with zero attached hydrogens (tertiary/aromatic N) is 4. The molecule has 1 aromatic rings. The van der Waals surface area contributed by atoms with Gasteiger partial charge in [-0.1, -0.05) is 5.10 Å². The number of hydrogen-bond donors (Lipinski definition) is 2. The van der Waals surface area contributed by atoms with Gasteiger partial charge in [0, 0.05) is 0 Å². The molecule has 0 radical (unpaired) electrons. The summed E-state index contributed by atoms with van der Waals surface area (Å²) in [5, 5.41) is 17.6. The van der Waals surface area contributed by atoms with Crippen molar-refractivity contribution in [3.63, 3.8) is 0 Å². The van der Waals surface area contributed by atoms with E-state index in [-0.39, 0.29) is 0 Å². The van der Waals surface area contributed by atoms with Crippen LogP contribution in [0.4, 0.5) is 0 Å². The van der Waals surface area contributed by atoms with E-state index in [1.807, 2.05) is 0 Å². The zero-order valence-electron chi connectivity index (χ0n) is 4.18. The average molecular weight is 131 g/mol. The largest absolute Gasteiger partial charge is 0.348 e. The van der Waals surface area contributed by atoms with E-state index in [0.29, 0.717) is 0 Å². The van der Waals surface area contributed by atoms with Crippen molar-refractivity contribution in [2.24, 2.45) is 0 Å². The Bertz CT molecular complexity index is 191. The molecule has 0 saturated carbocycles. The average Bonchev–Trinajstić information content (AvgIpc) is 2.15. The van der Waals surface area contributed by atoms with Gasteiger partial charge in [0.15, 0.2) is 0 Å². The molecule has 0 aliphatic carbocycles. The predicted molar refractivity (Wildman–Crippen MR) is 22.9 cm³/mol. The number of rotatable bonds is 2. The Balaban J connectivity index is 2.58. The molecule has 0 unspecified atom stereocenters. The number of tetrazole rings is 1. The standard InChI is InChI=1S/CH2N6O2/c8-7(9)5-6-1-2-3-4-6/h1,5H/p+1. The molecular weight excluding hydrogens is 128 g/mol. The van der Waals surface area contributed by atoms with Crippen molar-refractivity contribution in [2.75, 3.05) is 5.53 Å². The molecule has 0 aliphatic heterocycles. The number of nitrogens with one attached hydrogen (secondary N) is 2. The maximum Gasteiger partial charge on any atom is 0.348 e. The van der Waals surface area contributed by atoms with Crippen molar-refractivity contribution >= 4 is 0 Å². The van der Waals surface area contributed by atoms with Crippen LogP contribution in [0.15, 0.2) is 6.33 Å². The molecule has 8 nitrogen and oxygen atoms in total. The first kappa shape index (κ1) is 5.41. The Hall–Kier alpha value is -1.73. The van der Waals surface area contributed by atoms with Crippen molar-refractivity contribution in [3.8, 4) is 0 Å². The summed E-state index contributed by atoms with van der Waals surface area (Å²) in [6.45, 7) is 0. The highest BCUT2D eigenvalue weighted by atomic mass is 16.7. The summed E-state index contributed by atoms with van der Waals surface area (Å²) in [5.41, 5.74) is 1.74. The third-order valence-corrected chi connectivity index (χ3v) is 0.567.